The SMILES string of the molecule is Cc1c(N2C(=O)N(CCOCCF)C3(CCCCCCCCCCCCCCCCCCCCCCCCCCCCCCCCCCCCCCCCC3)C2=O)ccc(C#N)c1Cl. The van der Waals surface area contributed by atoms with E-state index in [0.717, 1.165) is 38.5 Å². The average Bonchev–Trinajstić information content (AvgIpc) is 3.49. The summed E-state index contributed by atoms with van der Waals surface area (Å²) in [6.45, 7) is 1.55. The van der Waals surface area contributed by atoms with Crippen LogP contribution in [0.3, 0.4) is 0 Å². The molecule has 366 valence electrons. The minimum absolute atomic E-state index is 0.0307. The van der Waals surface area contributed by atoms with Crippen LogP contribution in [-0.4, -0.2) is 48.8 Å². The predicted octanol–water partition coefficient (Wildman–Crippen LogP) is 18.0. The van der Waals surface area contributed by atoms with Crippen LogP contribution in [0, 0.1) is 18.3 Å². The second kappa shape index (κ2) is 36.9. The molecule has 1 saturated heterocycles. The molecule has 0 aromatic heterocycles. The molecule has 64 heavy (non-hydrogen) atoms. The second-order valence-electron chi connectivity index (χ2n) is 19.9. The Kier molecular flexibility index (Phi) is 32.4. The van der Waals surface area contributed by atoms with E-state index in [1.54, 1.807) is 24.0 Å². The fraction of sp³-hybridized carbons (Fsp3) is 0.839. The van der Waals surface area contributed by atoms with Crippen LogP contribution in [0.25, 0.3) is 0 Å². The van der Waals surface area contributed by atoms with Crippen molar-refractivity contribution in [1.82, 2.24) is 4.90 Å². The zero-order valence-electron chi connectivity index (χ0n) is 41.3. The first-order valence-corrected chi connectivity index (χ1v) is 27.8. The average molecular weight is 913 g/mol. The third-order valence-corrected chi connectivity index (χ3v) is 15.1. The summed E-state index contributed by atoms with van der Waals surface area (Å²) in [5.74, 6) is -0.205. The van der Waals surface area contributed by atoms with Crippen LogP contribution in [-0.2, 0) is 9.53 Å². The number of amides is 3. The van der Waals surface area contributed by atoms with Gasteiger partial charge in [0.25, 0.3) is 5.91 Å². The molecule has 3 rings (SSSR count). The Balaban J connectivity index is 1.55. The molecule has 2 aliphatic rings. The maximum atomic E-state index is 14.8. The summed E-state index contributed by atoms with van der Waals surface area (Å²) in [6.07, 6.45) is 52.8. The smallest absolute Gasteiger partial charge is 0.332 e. The molecule has 0 atom stereocenters. The third-order valence-electron chi connectivity index (χ3n) is 14.6. The number of hydrogen-bond acceptors (Lipinski definition) is 4. The first kappa shape index (κ1) is 56.2. The van der Waals surface area contributed by atoms with Crippen molar-refractivity contribution in [3.05, 3.63) is 28.3 Å². The van der Waals surface area contributed by atoms with Gasteiger partial charge in [0.2, 0.25) is 0 Å². The molecular formula is C56H95ClFN3O3. The number of rotatable bonds is 6. The monoisotopic (exact) mass is 912 g/mol. The highest BCUT2D eigenvalue weighted by molar-refractivity contribution is 6.33. The van der Waals surface area contributed by atoms with Crippen molar-refractivity contribution in [3.63, 3.8) is 0 Å². The van der Waals surface area contributed by atoms with Crippen LogP contribution in [0.1, 0.15) is 274 Å². The number of carbonyl (C=O) groups excluding carboxylic acids is 2. The van der Waals surface area contributed by atoms with Crippen LogP contribution >= 0.6 is 11.6 Å². The van der Waals surface area contributed by atoms with Crippen LogP contribution in [0.5, 0.6) is 0 Å². The molecule has 2 fully saturated rings. The van der Waals surface area contributed by atoms with Gasteiger partial charge in [0.15, 0.2) is 0 Å². The number of urea groups is 1. The quantitative estimate of drug-likeness (QED) is 0.210. The summed E-state index contributed by atoms with van der Waals surface area (Å²) in [7, 11) is 0. The largest absolute Gasteiger partial charge is 0.377 e. The molecule has 6 nitrogen and oxygen atoms in total. The zero-order valence-corrected chi connectivity index (χ0v) is 42.1. The molecule has 1 aromatic carbocycles. The van der Waals surface area contributed by atoms with Crippen molar-refractivity contribution in [2.24, 2.45) is 0 Å². The molecule has 1 aliphatic heterocycles. The summed E-state index contributed by atoms with van der Waals surface area (Å²) in [6, 6.07) is 5.02. The van der Waals surface area contributed by atoms with Gasteiger partial charge in [-0.2, -0.15) is 5.26 Å². The van der Waals surface area contributed by atoms with Crippen LogP contribution < -0.4 is 4.90 Å². The summed E-state index contributed by atoms with van der Waals surface area (Å²) < 4.78 is 18.6. The molecule has 1 aromatic rings. The van der Waals surface area contributed by atoms with Crippen LogP contribution in [0.15, 0.2) is 12.1 Å². The number of nitrogens with zero attached hydrogens (tertiary/aromatic N) is 3. The Morgan fingerprint density at radius 3 is 1.16 bits per heavy atom. The number of anilines is 1. The van der Waals surface area contributed by atoms with Gasteiger partial charge in [-0.15, -0.1) is 0 Å². The minimum atomic E-state index is -0.991. The van der Waals surface area contributed by atoms with Gasteiger partial charge in [-0.05, 0) is 37.5 Å². The number of halogens is 2. The predicted molar refractivity (Wildman–Crippen MR) is 269 cm³/mol. The van der Waals surface area contributed by atoms with E-state index >= 15 is 0 Å². The Morgan fingerprint density at radius 2 is 0.859 bits per heavy atom. The number of nitriles is 1. The van der Waals surface area contributed by atoms with Gasteiger partial charge in [0.05, 0.1) is 29.5 Å². The molecule has 0 unspecified atom stereocenters. The Bertz CT molecular complexity index is 1360. The van der Waals surface area contributed by atoms with Crippen molar-refractivity contribution >= 4 is 29.2 Å². The summed E-state index contributed by atoms with van der Waals surface area (Å²) >= 11 is 6.60. The lowest BCUT2D eigenvalue weighted by Crippen LogP contribution is -2.51. The molecule has 3 amide bonds. The molecule has 1 saturated carbocycles. The molecule has 0 radical (unpaired) electrons. The van der Waals surface area contributed by atoms with E-state index in [1.165, 1.54) is 217 Å². The molecular weight excluding hydrogens is 817 g/mol. The maximum Gasteiger partial charge on any atom is 0.332 e. The first-order valence-electron chi connectivity index (χ1n) is 27.5. The number of ether oxygens (including phenoxy) is 1. The Labute approximate surface area is 397 Å². The fourth-order valence-electron chi connectivity index (χ4n) is 10.5. The molecule has 1 heterocycles. The summed E-state index contributed by atoms with van der Waals surface area (Å²) in [5, 5.41) is 9.87. The Morgan fingerprint density at radius 1 is 0.547 bits per heavy atom. The lowest BCUT2D eigenvalue weighted by atomic mass is 9.84. The molecule has 1 aliphatic carbocycles. The molecule has 0 bridgehead atoms. The van der Waals surface area contributed by atoms with Gasteiger partial charge in [0, 0.05) is 6.54 Å². The number of carbonyl (C=O) groups is 2. The van der Waals surface area contributed by atoms with E-state index in [2.05, 4.69) is 6.07 Å². The van der Waals surface area contributed by atoms with E-state index in [0.29, 0.717) is 29.7 Å². The maximum absolute atomic E-state index is 14.8. The van der Waals surface area contributed by atoms with Crippen molar-refractivity contribution < 1.29 is 18.7 Å². The third kappa shape index (κ3) is 22.1. The highest BCUT2D eigenvalue weighted by Crippen LogP contribution is 2.42. The topological polar surface area (TPSA) is 73.6 Å². The summed E-state index contributed by atoms with van der Waals surface area (Å²) in [4.78, 5) is 32.3. The summed E-state index contributed by atoms with van der Waals surface area (Å²) in [5.41, 5.74) is 0.307. The lowest BCUT2D eigenvalue weighted by molar-refractivity contribution is -0.126. The van der Waals surface area contributed by atoms with Gasteiger partial charge >= 0.3 is 6.03 Å². The van der Waals surface area contributed by atoms with E-state index in [-0.39, 0.29) is 36.7 Å². The van der Waals surface area contributed by atoms with Gasteiger partial charge in [-0.1, -0.05) is 262 Å². The van der Waals surface area contributed by atoms with Crippen LogP contribution in [0.4, 0.5) is 14.9 Å². The van der Waals surface area contributed by atoms with Gasteiger partial charge in [0.1, 0.15) is 18.3 Å². The molecule has 8 heteroatoms. The van der Waals surface area contributed by atoms with Gasteiger partial charge in [-0.3, -0.25) is 4.79 Å². The molecule has 0 N–H and O–H groups in total. The number of benzene rings is 1. The van der Waals surface area contributed by atoms with Crippen LogP contribution in [0.2, 0.25) is 5.02 Å². The molecule has 1 spiro atoms. The second-order valence-corrected chi connectivity index (χ2v) is 20.3. The van der Waals surface area contributed by atoms with E-state index in [9.17, 15) is 19.2 Å². The van der Waals surface area contributed by atoms with Crippen molar-refractivity contribution in [2.45, 2.75) is 276 Å². The van der Waals surface area contributed by atoms with E-state index in [1.807, 2.05) is 0 Å². The van der Waals surface area contributed by atoms with Crippen molar-refractivity contribution in [2.75, 3.05) is 31.3 Å². The number of imide groups is 1. The lowest BCUT2D eigenvalue weighted by Gasteiger charge is -2.35. The highest BCUT2D eigenvalue weighted by atomic mass is 35.5. The van der Waals surface area contributed by atoms with Gasteiger partial charge < -0.3 is 9.64 Å². The van der Waals surface area contributed by atoms with E-state index in [4.69, 9.17) is 16.3 Å². The zero-order chi connectivity index (χ0) is 45.8. The minimum Gasteiger partial charge on any atom is -0.377 e. The number of hydrogen-bond donors (Lipinski definition) is 0. The normalized spacial score (nSPS) is 21.7. The van der Waals surface area contributed by atoms with Gasteiger partial charge in [-0.25, -0.2) is 14.1 Å². The first-order chi connectivity index (χ1) is 31.5. The van der Waals surface area contributed by atoms with E-state index < -0.39 is 12.2 Å². The highest BCUT2D eigenvalue weighted by Gasteiger charge is 2.56. The Hall–Kier alpha value is -2.17. The van der Waals surface area contributed by atoms with Crippen molar-refractivity contribution in [3.8, 4) is 6.07 Å². The number of alkyl halides is 1. The fourth-order valence-corrected chi connectivity index (χ4v) is 10.7. The standard InChI is InChI=1S/C56H95ClFN3O3/c1-50-52(42-41-51(49-59)53(50)57)61-54(62)56(60(55(61)63)46-48-64-47-45-58)43-39-37-35-33-31-29-27-25-23-21-19-17-15-13-11-9-7-5-3-2-4-6-8-10-12-14-16-18-20-22-24-26-28-30-32-34-36-38-40-44-56/h41-42H,2-40,43-48H2,1H3. The van der Waals surface area contributed by atoms with Crippen molar-refractivity contribution in [1.29, 1.82) is 5.26 Å².